The van der Waals surface area contributed by atoms with E-state index in [0.717, 1.165) is 40.2 Å². The second kappa shape index (κ2) is 6.03. The van der Waals surface area contributed by atoms with Crippen molar-refractivity contribution in [3.8, 4) is 5.88 Å². The van der Waals surface area contributed by atoms with Gasteiger partial charge in [0.15, 0.2) is 0 Å². The summed E-state index contributed by atoms with van der Waals surface area (Å²) in [5.41, 5.74) is 7.85. The molecule has 0 spiro atoms. The Kier molecular flexibility index (Phi) is 3.88. The fraction of sp³-hybridized carbons (Fsp3) is 0.400. The molecule has 23 heavy (non-hydrogen) atoms. The molecule has 3 aromatic rings. The first kappa shape index (κ1) is 14.8. The summed E-state index contributed by atoms with van der Waals surface area (Å²) < 4.78 is 11.4. The summed E-state index contributed by atoms with van der Waals surface area (Å²) >= 11 is 2.99. The predicted octanol–water partition coefficient (Wildman–Crippen LogP) is 3.46. The van der Waals surface area contributed by atoms with Gasteiger partial charge in [0.1, 0.15) is 15.8 Å². The third-order valence-corrected chi connectivity index (χ3v) is 5.53. The molecule has 3 N–H and O–H groups in total. The van der Waals surface area contributed by atoms with Crippen LogP contribution in [0.5, 0.6) is 5.88 Å². The first-order valence-electron chi connectivity index (χ1n) is 7.55. The number of anilines is 2. The van der Waals surface area contributed by atoms with Gasteiger partial charge in [-0.1, -0.05) is 0 Å². The van der Waals surface area contributed by atoms with Gasteiger partial charge in [-0.3, -0.25) is 0 Å². The van der Waals surface area contributed by atoms with Crippen molar-refractivity contribution >= 4 is 44.0 Å². The molecule has 3 aromatic heterocycles. The third kappa shape index (κ3) is 3.15. The van der Waals surface area contributed by atoms with Crippen molar-refractivity contribution in [1.82, 2.24) is 14.3 Å². The van der Waals surface area contributed by atoms with E-state index in [0.29, 0.717) is 11.8 Å². The lowest BCUT2D eigenvalue weighted by molar-refractivity contribution is 0.203. The van der Waals surface area contributed by atoms with E-state index < -0.39 is 0 Å². The molecule has 3 heterocycles. The van der Waals surface area contributed by atoms with Crippen LogP contribution in [-0.4, -0.2) is 26.5 Å². The minimum atomic E-state index is 0.142. The Morgan fingerprint density at radius 2 is 2.26 bits per heavy atom. The van der Waals surface area contributed by atoms with Gasteiger partial charge in [0.05, 0.1) is 11.2 Å². The molecule has 0 aliphatic heterocycles. The van der Waals surface area contributed by atoms with Crippen LogP contribution in [0.15, 0.2) is 17.5 Å². The zero-order chi connectivity index (χ0) is 15.8. The van der Waals surface area contributed by atoms with E-state index >= 15 is 0 Å². The second-order valence-corrected chi connectivity index (χ2v) is 7.48. The summed E-state index contributed by atoms with van der Waals surface area (Å²) in [5, 5.41) is 6.14. The molecule has 1 saturated carbocycles. The molecule has 8 heteroatoms. The highest BCUT2D eigenvalue weighted by Crippen LogP contribution is 2.33. The van der Waals surface area contributed by atoms with E-state index in [-0.39, 0.29) is 12.1 Å². The molecule has 1 fully saturated rings. The quantitative estimate of drug-likeness (QED) is 0.752. The first-order valence-corrected chi connectivity index (χ1v) is 9.20. The van der Waals surface area contributed by atoms with Crippen LogP contribution in [0.2, 0.25) is 0 Å². The summed E-state index contributed by atoms with van der Waals surface area (Å²) in [7, 11) is 0. The minimum absolute atomic E-state index is 0.142. The van der Waals surface area contributed by atoms with Gasteiger partial charge < -0.3 is 15.8 Å². The smallest absolute Gasteiger partial charge is 0.236 e. The molecular formula is C15H17N5OS2. The Bertz CT molecular complexity index is 830. The summed E-state index contributed by atoms with van der Waals surface area (Å²) in [4.78, 5) is 9.12. The monoisotopic (exact) mass is 347 g/mol. The zero-order valence-electron chi connectivity index (χ0n) is 12.7. The van der Waals surface area contributed by atoms with Gasteiger partial charge in [0.25, 0.3) is 0 Å². The number of nitrogens with zero attached hydrogens (tertiary/aromatic N) is 3. The molecular weight excluding hydrogens is 330 g/mol. The molecule has 1 aliphatic rings. The number of nitrogens with two attached hydrogens (primary N) is 1. The Hall–Kier alpha value is -1.77. The topological polar surface area (TPSA) is 86.0 Å². The van der Waals surface area contributed by atoms with Gasteiger partial charge in [-0.15, -0.1) is 11.3 Å². The lowest BCUT2D eigenvalue weighted by atomic mass is 10.3. The number of ether oxygens (including phenoxy) is 1. The number of thiophene rings is 1. The molecule has 0 saturated heterocycles. The summed E-state index contributed by atoms with van der Waals surface area (Å²) in [6, 6.07) is 4.19. The molecule has 0 radical (unpaired) electrons. The predicted molar refractivity (Wildman–Crippen MR) is 93.8 cm³/mol. The number of hydrogen-bond donors (Lipinski definition) is 2. The van der Waals surface area contributed by atoms with Crippen LogP contribution in [0.3, 0.4) is 0 Å². The molecule has 0 aromatic carbocycles. The van der Waals surface area contributed by atoms with Crippen molar-refractivity contribution in [1.29, 1.82) is 0 Å². The lowest BCUT2D eigenvalue weighted by Crippen LogP contribution is -2.19. The van der Waals surface area contributed by atoms with E-state index in [1.165, 1.54) is 11.5 Å². The molecule has 2 atom stereocenters. The summed E-state index contributed by atoms with van der Waals surface area (Å²) in [6.45, 7) is 1.96. The van der Waals surface area contributed by atoms with Crippen LogP contribution in [0, 0.1) is 6.92 Å². The van der Waals surface area contributed by atoms with Crippen molar-refractivity contribution in [2.75, 3.05) is 5.32 Å². The van der Waals surface area contributed by atoms with Gasteiger partial charge in [0.2, 0.25) is 11.8 Å². The van der Waals surface area contributed by atoms with Crippen molar-refractivity contribution < 1.29 is 4.74 Å². The Balaban J connectivity index is 1.64. The zero-order valence-corrected chi connectivity index (χ0v) is 14.3. The van der Waals surface area contributed by atoms with Crippen LogP contribution in [0.1, 0.15) is 25.0 Å². The normalized spacial score (nSPS) is 21.0. The molecule has 4 rings (SSSR count). The van der Waals surface area contributed by atoms with Crippen LogP contribution in [-0.2, 0) is 0 Å². The van der Waals surface area contributed by atoms with E-state index in [2.05, 4.69) is 19.7 Å². The van der Waals surface area contributed by atoms with Gasteiger partial charge in [-0.05, 0) is 55.2 Å². The Morgan fingerprint density at radius 1 is 1.35 bits per heavy atom. The molecule has 0 amide bonds. The van der Waals surface area contributed by atoms with Crippen molar-refractivity contribution in [3.05, 3.63) is 23.2 Å². The standard InChI is InChI=1S/C15H17N5OS2/c1-8-6-12(23-20-8)18-15-17-11-4-5-22-13(11)14(19-15)21-10-3-2-9(16)7-10/h4-6,9-10H,2-3,7,16H2,1H3,(H,17,18,19)/t9-,10+/m1/s1. The second-order valence-electron chi connectivity index (χ2n) is 5.76. The Labute approximate surface area is 141 Å². The minimum Gasteiger partial charge on any atom is -0.473 e. The SMILES string of the molecule is Cc1cc(Nc2nc(O[C@H]3CC[C@@H](N)C3)c3sccc3n2)sn1. The number of rotatable bonds is 4. The molecule has 0 unspecified atom stereocenters. The maximum atomic E-state index is 6.13. The average Bonchev–Trinajstić information content (AvgIpc) is 3.22. The van der Waals surface area contributed by atoms with E-state index in [1.807, 2.05) is 24.4 Å². The van der Waals surface area contributed by atoms with Gasteiger partial charge in [-0.25, -0.2) is 4.98 Å². The van der Waals surface area contributed by atoms with Crippen LogP contribution in [0.25, 0.3) is 10.2 Å². The van der Waals surface area contributed by atoms with Crippen LogP contribution >= 0.6 is 22.9 Å². The van der Waals surface area contributed by atoms with Crippen molar-refractivity contribution in [2.45, 2.75) is 38.3 Å². The number of aryl methyl sites for hydroxylation is 1. The molecule has 120 valence electrons. The van der Waals surface area contributed by atoms with Crippen molar-refractivity contribution in [2.24, 2.45) is 5.73 Å². The lowest BCUT2D eigenvalue weighted by Gasteiger charge is -2.14. The van der Waals surface area contributed by atoms with Gasteiger partial charge >= 0.3 is 0 Å². The number of aromatic nitrogens is 3. The molecule has 0 bridgehead atoms. The molecule has 1 aliphatic carbocycles. The highest BCUT2D eigenvalue weighted by atomic mass is 32.1. The number of fused-ring (bicyclic) bond motifs is 1. The summed E-state index contributed by atoms with van der Waals surface area (Å²) in [6.07, 6.45) is 3.01. The average molecular weight is 347 g/mol. The fourth-order valence-corrected chi connectivity index (χ4v) is 4.16. The van der Waals surface area contributed by atoms with E-state index in [9.17, 15) is 0 Å². The maximum absolute atomic E-state index is 6.13. The van der Waals surface area contributed by atoms with Crippen molar-refractivity contribution in [3.63, 3.8) is 0 Å². The first-order chi connectivity index (χ1) is 11.2. The van der Waals surface area contributed by atoms with Gasteiger partial charge in [-0.2, -0.15) is 9.36 Å². The van der Waals surface area contributed by atoms with Gasteiger partial charge in [0, 0.05) is 6.04 Å². The highest BCUT2D eigenvalue weighted by Gasteiger charge is 2.25. The maximum Gasteiger partial charge on any atom is 0.236 e. The van der Waals surface area contributed by atoms with E-state index in [1.54, 1.807) is 11.3 Å². The van der Waals surface area contributed by atoms with Crippen LogP contribution < -0.4 is 15.8 Å². The Morgan fingerprint density at radius 3 is 3.00 bits per heavy atom. The third-order valence-electron chi connectivity index (χ3n) is 3.84. The molecule has 6 nitrogen and oxygen atoms in total. The summed E-state index contributed by atoms with van der Waals surface area (Å²) in [5.74, 6) is 1.18. The largest absolute Gasteiger partial charge is 0.473 e. The van der Waals surface area contributed by atoms with Crippen LogP contribution in [0.4, 0.5) is 10.9 Å². The number of nitrogens with one attached hydrogen (secondary N) is 1. The highest BCUT2D eigenvalue weighted by molar-refractivity contribution is 7.17. The van der Waals surface area contributed by atoms with E-state index in [4.69, 9.17) is 10.5 Å². The number of hydrogen-bond acceptors (Lipinski definition) is 8. The fourth-order valence-electron chi connectivity index (χ4n) is 2.74.